The second-order valence-electron chi connectivity index (χ2n) is 7.67. The normalized spacial score (nSPS) is 13.0. The zero-order valence-corrected chi connectivity index (χ0v) is 20.2. The molecule has 0 radical (unpaired) electrons. The fraction of sp³-hybridized carbons (Fsp3) is 0.174. The van der Waals surface area contributed by atoms with Crippen LogP contribution in [-0.4, -0.2) is 44.9 Å². The lowest BCUT2D eigenvalue weighted by Crippen LogP contribution is -2.35. The van der Waals surface area contributed by atoms with Gasteiger partial charge in [-0.25, -0.2) is 13.2 Å². The van der Waals surface area contributed by atoms with Crippen molar-refractivity contribution in [3.8, 4) is 0 Å². The Morgan fingerprint density at radius 1 is 1.09 bits per heavy atom. The van der Waals surface area contributed by atoms with Crippen molar-refractivity contribution in [2.45, 2.75) is 17.9 Å². The van der Waals surface area contributed by atoms with Gasteiger partial charge in [0.25, 0.3) is 21.8 Å². The molecule has 0 spiro atoms. The van der Waals surface area contributed by atoms with Gasteiger partial charge < -0.3 is 20.7 Å². The van der Waals surface area contributed by atoms with E-state index in [1.54, 1.807) is 24.3 Å². The smallest absolute Gasteiger partial charge is 0.409 e. The lowest BCUT2D eigenvalue weighted by molar-refractivity contribution is 0.0999. The minimum atomic E-state index is -3.83. The number of nitrogens with two attached hydrogens (primary N) is 1. The molecular formula is C23H22N4O6S2. The molecule has 1 aliphatic rings. The van der Waals surface area contributed by atoms with Gasteiger partial charge in [0, 0.05) is 22.7 Å². The van der Waals surface area contributed by atoms with Crippen LogP contribution in [0.25, 0.3) is 0 Å². The molecule has 0 saturated carbocycles. The van der Waals surface area contributed by atoms with E-state index >= 15 is 0 Å². The first-order chi connectivity index (χ1) is 16.7. The lowest BCUT2D eigenvalue weighted by atomic mass is 10.0. The van der Waals surface area contributed by atoms with Gasteiger partial charge in [0.2, 0.25) is 0 Å². The third-order valence-electron chi connectivity index (χ3n) is 5.39. The van der Waals surface area contributed by atoms with Crippen molar-refractivity contribution >= 4 is 50.0 Å². The number of carbonyl (C=O) groups is 3. The van der Waals surface area contributed by atoms with Crippen LogP contribution in [0.15, 0.2) is 59.5 Å². The summed E-state index contributed by atoms with van der Waals surface area (Å²) in [5, 5.41) is 2.98. The average Bonchev–Trinajstić information content (AvgIpc) is 3.21. The number of ether oxygens (including phenoxy) is 1. The summed E-state index contributed by atoms with van der Waals surface area (Å²) in [7, 11) is -2.54. The largest absolute Gasteiger partial charge is 0.453 e. The molecule has 1 aromatic heterocycles. The van der Waals surface area contributed by atoms with E-state index in [1.165, 1.54) is 42.3 Å². The number of fused-ring (bicyclic) bond motifs is 1. The quantitative estimate of drug-likeness (QED) is 0.461. The van der Waals surface area contributed by atoms with Gasteiger partial charge in [-0.05, 0) is 42.3 Å². The zero-order chi connectivity index (χ0) is 25.2. The fourth-order valence-electron chi connectivity index (χ4n) is 3.75. The Balaban J connectivity index is 1.56. The van der Waals surface area contributed by atoms with E-state index in [-0.39, 0.29) is 33.3 Å². The molecular weight excluding hydrogens is 492 g/mol. The Labute approximate surface area is 205 Å². The van der Waals surface area contributed by atoms with E-state index < -0.39 is 27.9 Å². The summed E-state index contributed by atoms with van der Waals surface area (Å²) in [5.74, 6) is -1.23. The average molecular weight is 515 g/mol. The van der Waals surface area contributed by atoms with Crippen molar-refractivity contribution in [1.82, 2.24) is 4.90 Å². The zero-order valence-electron chi connectivity index (χ0n) is 18.6. The number of nitrogens with zero attached hydrogens (tertiary/aromatic N) is 1. The van der Waals surface area contributed by atoms with Crippen molar-refractivity contribution in [2.24, 2.45) is 5.73 Å². The summed E-state index contributed by atoms with van der Waals surface area (Å²) in [6.07, 6.45) is -0.0868. The van der Waals surface area contributed by atoms with Gasteiger partial charge in [0.15, 0.2) is 0 Å². The Hall–Kier alpha value is -3.90. The number of hydrogen-bond donors (Lipinski definition) is 3. The third kappa shape index (κ3) is 5.12. The Kier molecular flexibility index (Phi) is 6.76. The van der Waals surface area contributed by atoms with E-state index in [0.29, 0.717) is 18.5 Å². The number of nitrogens with one attached hydrogen (secondary N) is 2. The fourth-order valence-corrected chi connectivity index (χ4v) is 6.08. The summed E-state index contributed by atoms with van der Waals surface area (Å²) < 4.78 is 32.4. The van der Waals surface area contributed by atoms with E-state index in [2.05, 4.69) is 10.0 Å². The van der Waals surface area contributed by atoms with Crippen LogP contribution in [-0.2, 0) is 27.7 Å². The van der Waals surface area contributed by atoms with Crippen molar-refractivity contribution in [3.05, 3.63) is 76.2 Å². The number of anilines is 2. The molecule has 0 bridgehead atoms. The number of sulfonamides is 1. The molecule has 3 aromatic rings. The van der Waals surface area contributed by atoms with Crippen LogP contribution in [0, 0.1) is 0 Å². The minimum absolute atomic E-state index is 0.0890. The van der Waals surface area contributed by atoms with Gasteiger partial charge in [0.05, 0.1) is 24.1 Å². The summed E-state index contributed by atoms with van der Waals surface area (Å²) >= 11 is 1.16. The van der Waals surface area contributed by atoms with Crippen LogP contribution < -0.4 is 15.8 Å². The highest BCUT2D eigenvalue weighted by Crippen LogP contribution is 2.37. The van der Waals surface area contributed by atoms with Gasteiger partial charge >= 0.3 is 6.09 Å². The van der Waals surface area contributed by atoms with Gasteiger partial charge in [-0.2, -0.15) is 0 Å². The molecule has 2 aromatic carbocycles. The Bertz CT molecular complexity index is 1400. The molecule has 3 amide bonds. The molecule has 35 heavy (non-hydrogen) atoms. The monoisotopic (exact) mass is 514 g/mol. The molecule has 0 aliphatic carbocycles. The molecule has 1 aliphatic heterocycles. The second-order valence-corrected chi connectivity index (χ2v) is 10.5. The topological polar surface area (TPSA) is 148 Å². The third-order valence-corrected chi connectivity index (χ3v) is 7.92. The number of thiophene rings is 1. The highest BCUT2D eigenvalue weighted by molar-refractivity contribution is 7.92. The van der Waals surface area contributed by atoms with Crippen molar-refractivity contribution in [1.29, 1.82) is 0 Å². The van der Waals surface area contributed by atoms with E-state index in [1.807, 2.05) is 0 Å². The van der Waals surface area contributed by atoms with Crippen LogP contribution in [0.5, 0.6) is 0 Å². The van der Waals surface area contributed by atoms with Gasteiger partial charge in [0.1, 0.15) is 5.00 Å². The standard InChI is InChI=1S/C23H22N4O6S2/c1-33-23(30)27-11-10-17-18(13-27)34-22(19(17)20(24)28)25-21(29)14-6-5-7-15(12-14)26-35(31,32)16-8-3-2-4-9-16/h2-9,12,26H,10-11,13H2,1H3,(H2,24,28)(H,25,29). The molecule has 0 atom stereocenters. The first-order valence-electron chi connectivity index (χ1n) is 10.5. The minimum Gasteiger partial charge on any atom is -0.453 e. The summed E-state index contributed by atoms with van der Waals surface area (Å²) in [6, 6.07) is 13.8. The van der Waals surface area contributed by atoms with Crippen LogP contribution >= 0.6 is 11.3 Å². The maximum Gasteiger partial charge on any atom is 0.409 e. The summed E-state index contributed by atoms with van der Waals surface area (Å²) in [4.78, 5) is 39.4. The lowest BCUT2D eigenvalue weighted by Gasteiger charge is -2.25. The van der Waals surface area contributed by atoms with Crippen molar-refractivity contribution < 1.29 is 27.5 Å². The number of hydrogen-bond acceptors (Lipinski definition) is 7. The first kappa shape index (κ1) is 24.2. The van der Waals surface area contributed by atoms with Crippen LogP contribution in [0.1, 0.15) is 31.2 Å². The van der Waals surface area contributed by atoms with Crippen molar-refractivity contribution in [2.75, 3.05) is 23.7 Å². The van der Waals surface area contributed by atoms with E-state index in [0.717, 1.165) is 16.2 Å². The predicted molar refractivity (Wildman–Crippen MR) is 131 cm³/mol. The van der Waals surface area contributed by atoms with Gasteiger partial charge in [-0.1, -0.05) is 24.3 Å². The maximum atomic E-state index is 13.0. The predicted octanol–water partition coefficient (Wildman–Crippen LogP) is 3.02. The van der Waals surface area contributed by atoms with Crippen LogP contribution in [0.4, 0.5) is 15.5 Å². The second kappa shape index (κ2) is 9.76. The van der Waals surface area contributed by atoms with Crippen LogP contribution in [0.3, 0.4) is 0 Å². The number of benzene rings is 2. The first-order valence-corrected chi connectivity index (χ1v) is 12.8. The number of amides is 3. The highest BCUT2D eigenvalue weighted by atomic mass is 32.2. The van der Waals surface area contributed by atoms with Crippen LogP contribution in [0.2, 0.25) is 0 Å². The molecule has 4 rings (SSSR count). The van der Waals surface area contributed by atoms with Gasteiger partial charge in [-0.15, -0.1) is 11.3 Å². The molecule has 10 nitrogen and oxygen atoms in total. The summed E-state index contributed by atoms with van der Waals surface area (Å²) in [6.45, 7) is 0.591. The molecule has 12 heteroatoms. The molecule has 2 heterocycles. The SMILES string of the molecule is COC(=O)N1CCc2c(sc(NC(=O)c3cccc(NS(=O)(=O)c4ccccc4)c3)c2C(N)=O)C1. The van der Waals surface area contributed by atoms with Crippen molar-refractivity contribution in [3.63, 3.8) is 0 Å². The van der Waals surface area contributed by atoms with E-state index in [9.17, 15) is 22.8 Å². The van der Waals surface area contributed by atoms with Gasteiger partial charge in [-0.3, -0.25) is 14.3 Å². The molecule has 0 unspecified atom stereocenters. The number of primary amides is 1. The molecule has 182 valence electrons. The Morgan fingerprint density at radius 2 is 1.83 bits per heavy atom. The molecule has 0 fully saturated rings. The summed E-state index contributed by atoms with van der Waals surface area (Å²) in [5.41, 5.74) is 6.89. The molecule has 4 N–H and O–H groups in total. The highest BCUT2D eigenvalue weighted by Gasteiger charge is 2.30. The molecule has 0 saturated heterocycles. The Morgan fingerprint density at radius 3 is 2.51 bits per heavy atom. The maximum absolute atomic E-state index is 13.0. The number of rotatable bonds is 6. The number of carbonyl (C=O) groups excluding carboxylic acids is 3. The van der Waals surface area contributed by atoms with E-state index in [4.69, 9.17) is 10.5 Å². The number of methoxy groups -OCH3 is 1.